The van der Waals surface area contributed by atoms with Crippen LogP contribution in [0.3, 0.4) is 0 Å². The monoisotopic (exact) mass is 397 g/mol. The SMILES string of the molecule is Cn1c(=O)n(Cc2ccccc2)c(=O)c2cc(C(=O)OCc3cnn[nH]3)sc21. The molecule has 0 saturated carbocycles. The molecule has 28 heavy (non-hydrogen) atoms. The molecule has 142 valence electrons. The summed E-state index contributed by atoms with van der Waals surface area (Å²) in [4.78, 5) is 38.5. The number of rotatable bonds is 5. The van der Waals surface area contributed by atoms with Crippen molar-refractivity contribution in [3.63, 3.8) is 0 Å². The lowest BCUT2D eigenvalue weighted by Gasteiger charge is -2.08. The van der Waals surface area contributed by atoms with Gasteiger partial charge in [0.25, 0.3) is 5.56 Å². The predicted molar refractivity (Wildman–Crippen MR) is 102 cm³/mol. The maximum Gasteiger partial charge on any atom is 0.348 e. The van der Waals surface area contributed by atoms with Crippen molar-refractivity contribution in [2.24, 2.45) is 7.05 Å². The predicted octanol–water partition coefficient (Wildman–Crippen LogP) is 1.29. The molecule has 0 aliphatic heterocycles. The minimum atomic E-state index is -0.586. The lowest BCUT2D eigenvalue weighted by atomic mass is 10.2. The Kier molecular flexibility index (Phi) is 4.62. The maximum atomic E-state index is 12.9. The highest BCUT2D eigenvalue weighted by molar-refractivity contribution is 7.20. The number of carbonyl (C=O) groups is 1. The van der Waals surface area contributed by atoms with Crippen LogP contribution in [-0.4, -0.2) is 30.5 Å². The van der Waals surface area contributed by atoms with Crippen molar-refractivity contribution in [1.82, 2.24) is 24.5 Å². The average Bonchev–Trinajstić information content (AvgIpc) is 3.38. The number of fused-ring (bicyclic) bond motifs is 1. The highest BCUT2D eigenvalue weighted by Gasteiger charge is 2.19. The summed E-state index contributed by atoms with van der Waals surface area (Å²) in [6.07, 6.45) is 1.45. The van der Waals surface area contributed by atoms with E-state index in [2.05, 4.69) is 15.4 Å². The zero-order chi connectivity index (χ0) is 19.7. The number of benzene rings is 1. The van der Waals surface area contributed by atoms with E-state index < -0.39 is 17.2 Å². The number of hydrogen-bond donors (Lipinski definition) is 1. The van der Waals surface area contributed by atoms with Gasteiger partial charge in [-0.2, -0.15) is 0 Å². The molecule has 4 rings (SSSR count). The van der Waals surface area contributed by atoms with Gasteiger partial charge in [0, 0.05) is 7.05 Å². The molecule has 4 aromatic rings. The second-order valence-corrected chi connectivity index (χ2v) is 7.14. The van der Waals surface area contributed by atoms with Crippen molar-refractivity contribution >= 4 is 27.5 Å². The Morgan fingerprint density at radius 3 is 2.75 bits per heavy atom. The van der Waals surface area contributed by atoms with Gasteiger partial charge in [-0.15, -0.1) is 16.4 Å². The van der Waals surface area contributed by atoms with Crippen molar-refractivity contribution in [3.05, 3.63) is 79.6 Å². The Labute approximate surface area is 161 Å². The number of aryl methyl sites for hydroxylation is 1. The molecule has 0 fully saturated rings. The van der Waals surface area contributed by atoms with E-state index in [0.717, 1.165) is 21.5 Å². The van der Waals surface area contributed by atoms with E-state index in [4.69, 9.17) is 4.74 Å². The van der Waals surface area contributed by atoms with Crippen LogP contribution in [0.15, 0.2) is 52.2 Å². The number of aromatic amines is 1. The molecule has 0 amide bonds. The number of esters is 1. The molecule has 1 N–H and O–H groups in total. The molecule has 0 aliphatic carbocycles. The molecule has 1 aromatic carbocycles. The number of ether oxygens (including phenoxy) is 1. The summed E-state index contributed by atoms with van der Waals surface area (Å²) >= 11 is 1.05. The van der Waals surface area contributed by atoms with Crippen LogP contribution in [0.1, 0.15) is 20.9 Å². The first-order chi connectivity index (χ1) is 13.5. The first kappa shape index (κ1) is 17.9. The molecule has 0 unspecified atom stereocenters. The Morgan fingerprint density at radius 1 is 1.25 bits per heavy atom. The highest BCUT2D eigenvalue weighted by atomic mass is 32.1. The van der Waals surface area contributed by atoms with E-state index in [1.807, 2.05) is 30.3 Å². The van der Waals surface area contributed by atoms with Crippen LogP contribution < -0.4 is 11.2 Å². The summed E-state index contributed by atoms with van der Waals surface area (Å²) in [6.45, 7) is 0.141. The van der Waals surface area contributed by atoms with E-state index in [9.17, 15) is 14.4 Å². The van der Waals surface area contributed by atoms with Crippen LogP contribution in [0.2, 0.25) is 0 Å². The fourth-order valence-electron chi connectivity index (χ4n) is 2.79. The number of H-pyrrole nitrogens is 1. The molecule has 0 radical (unpaired) electrons. The number of nitrogens with one attached hydrogen (secondary N) is 1. The van der Waals surface area contributed by atoms with E-state index >= 15 is 0 Å². The Hall–Kier alpha value is -3.53. The first-order valence-corrected chi connectivity index (χ1v) is 9.15. The molecule has 10 heteroatoms. The lowest BCUT2D eigenvalue weighted by molar-refractivity contribution is 0.0473. The minimum Gasteiger partial charge on any atom is -0.455 e. The third kappa shape index (κ3) is 3.25. The van der Waals surface area contributed by atoms with Gasteiger partial charge >= 0.3 is 11.7 Å². The van der Waals surface area contributed by atoms with Crippen LogP contribution in [0.25, 0.3) is 10.2 Å². The normalized spacial score (nSPS) is 11.0. The van der Waals surface area contributed by atoms with Gasteiger partial charge in [0.15, 0.2) is 0 Å². The summed E-state index contributed by atoms with van der Waals surface area (Å²) in [5.41, 5.74) is 0.512. The molecule has 0 bridgehead atoms. The molecule has 0 aliphatic rings. The lowest BCUT2D eigenvalue weighted by Crippen LogP contribution is -2.38. The fourth-order valence-corrected chi connectivity index (χ4v) is 3.79. The number of thiophene rings is 1. The summed E-state index contributed by atoms with van der Waals surface area (Å²) in [7, 11) is 1.58. The van der Waals surface area contributed by atoms with E-state index in [1.54, 1.807) is 7.05 Å². The first-order valence-electron chi connectivity index (χ1n) is 8.34. The van der Waals surface area contributed by atoms with Gasteiger partial charge in [0.1, 0.15) is 16.3 Å². The van der Waals surface area contributed by atoms with Crippen molar-refractivity contribution < 1.29 is 9.53 Å². The molecule has 0 spiro atoms. The molecule has 3 heterocycles. The Balaban J connectivity index is 1.70. The summed E-state index contributed by atoms with van der Waals surface area (Å²) in [5, 5.41) is 10.0. The summed E-state index contributed by atoms with van der Waals surface area (Å²) < 4.78 is 7.74. The summed E-state index contributed by atoms with van der Waals surface area (Å²) in [5.74, 6) is -0.586. The number of hydrogen-bond acceptors (Lipinski definition) is 7. The largest absolute Gasteiger partial charge is 0.455 e. The van der Waals surface area contributed by atoms with Gasteiger partial charge < -0.3 is 4.74 Å². The fraction of sp³-hybridized carbons (Fsp3) is 0.167. The molecule has 0 saturated heterocycles. The number of nitrogens with zero attached hydrogens (tertiary/aromatic N) is 4. The van der Waals surface area contributed by atoms with Crippen LogP contribution >= 0.6 is 11.3 Å². The summed E-state index contributed by atoms with van der Waals surface area (Å²) in [6, 6.07) is 10.7. The Bertz CT molecular complexity index is 1260. The Morgan fingerprint density at radius 2 is 2.04 bits per heavy atom. The van der Waals surface area contributed by atoms with Gasteiger partial charge in [0.2, 0.25) is 0 Å². The third-order valence-electron chi connectivity index (χ3n) is 4.22. The number of carbonyl (C=O) groups excluding carboxylic acids is 1. The van der Waals surface area contributed by atoms with Gasteiger partial charge in [0.05, 0.1) is 23.8 Å². The van der Waals surface area contributed by atoms with Crippen LogP contribution in [0.4, 0.5) is 0 Å². The van der Waals surface area contributed by atoms with E-state index in [0.29, 0.717) is 15.9 Å². The molecular weight excluding hydrogens is 382 g/mol. The molecule has 9 nitrogen and oxygen atoms in total. The van der Waals surface area contributed by atoms with Gasteiger partial charge in [-0.05, 0) is 11.6 Å². The van der Waals surface area contributed by atoms with Crippen molar-refractivity contribution in [3.8, 4) is 0 Å². The smallest absolute Gasteiger partial charge is 0.348 e. The van der Waals surface area contributed by atoms with Crippen LogP contribution in [0.5, 0.6) is 0 Å². The molecule has 0 atom stereocenters. The van der Waals surface area contributed by atoms with Gasteiger partial charge in [-0.25, -0.2) is 9.59 Å². The van der Waals surface area contributed by atoms with Crippen LogP contribution in [-0.2, 0) is 24.9 Å². The third-order valence-corrected chi connectivity index (χ3v) is 5.41. The standard InChI is InChI=1S/C18H15N5O4S/c1-22-16-13(7-14(28-16)17(25)27-10-12-8-19-21-20-12)15(24)23(18(22)26)9-11-5-3-2-4-6-11/h2-8H,9-10H2,1H3,(H,19,20,21). The van der Waals surface area contributed by atoms with Crippen LogP contribution in [0, 0.1) is 0 Å². The zero-order valence-electron chi connectivity index (χ0n) is 14.8. The maximum absolute atomic E-state index is 12.9. The number of aromatic nitrogens is 5. The zero-order valence-corrected chi connectivity index (χ0v) is 15.6. The van der Waals surface area contributed by atoms with Gasteiger partial charge in [-0.3, -0.25) is 19.0 Å². The van der Waals surface area contributed by atoms with Gasteiger partial charge in [-0.1, -0.05) is 35.5 Å². The average molecular weight is 397 g/mol. The molecular formula is C18H15N5O4S. The molecule has 3 aromatic heterocycles. The quantitative estimate of drug-likeness (QED) is 0.508. The van der Waals surface area contributed by atoms with E-state index in [1.165, 1.54) is 16.8 Å². The van der Waals surface area contributed by atoms with E-state index in [-0.39, 0.29) is 18.0 Å². The highest BCUT2D eigenvalue weighted by Crippen LogP contribution is 2.22. The second kappa shape index (κ2) is 7.24. The van der Waals surface area contributed by atoms with Crippen molar-refractivity contribution in [2.45, 2.75) is 13.2 Å². The topological polar surface area (TPSA) is 112 Å². The second-order valence-electron chi connectivity index (χ2n) is 6.11. The van der Waals surface area contributed by atoms with Crippen molar-refractivity contribution in [1.29, 1.82) is 0 Å². The minimum absolute atomic E-state index is 0.0166. The van der Waals surface area contributed by atoms with Crippen molar-refractivity contribution in [2.75, 3.05) is 0 Å².